The molecule has 20 heavy (non-hydrogen) atoms. The Balaban J connectivity index is 1.98. The standard InChI is InChI=1S/C11H13N3O2S4/c1-7-14-8(6-18-7)4-5-13-20(15,16)10-3-2-9(19-10)11(12)17/h2-3,6,13H,4-5H2,1H3,(H2,12,17). The normalized spacial score (nSPS) is 11.7. The Labute approximate surface area is 130 Å². The van der Waals surface area contributed by atoms with Crippen LogP contribution in [-0.2, 0) is 16.4 Å². The van der Waals surface area contributed by atoms with Crippen LogP contribution in [0.1, 0.15) is 15.6 Å². The Morgan fingerprint density at radius 3 is 2.80 bits per heavy atom. The second-order valence-electron chi connectivity index (χ2n) is 3.99. The van der Waals surface area contributed by atoms with E-state index in [1.165, 1.54) is 6.07 Å². The Hall–Kier alpha value is -0.870. The highest BCUT2D eigenvalue weighted by Crippen LogP contribution is 2.21. The number of thiocarbonyl (C=S) groups is 1. The molecule has 0 fully saturated rings. The highest BCUT2D eigenvalue weighted by molar-refractivity contribution is 7.91. The summed E-state index contributed by atoms with van der Waals surface area (Å²) in [5.74, 6) is 0. The van der Waals surface area contributed by atoms with E-state index in [9.17, 15) is 8.42 Å². The van der Waals surface area contributed by atoms with Crippen molar-refractivity contribution in [3.63, 3.8) is 0 Å². The van der Waals surface area contributed by atoms with Crippen molar-refractivity contribution in [3.05, 3.63) is 33.1 Å². The predicted octanol–water partition coefficient (Wildman–Crippen LogP) is 1.67. The number of rotatable bonds is 6. The van der Waals surface area contributed by atoms with Crippen LogP contribution in [0.25, 0.3) is 0 Å². The van der Waals surface area contributed by atoms with Crippen molar-refractivity contribution < 1.29 is 8.42 Å². The maximum Gasteiger partial charge on any atom is 0.250 e. The lowest BCUT2D eigenvalue weighted by Gasteiger charge is -2.03. The van der Waals surface area contributed by atoms with Gasteiger partial charge in [0, 0.05) is 18.3 Å². The molecule has 3 N–H and O–H groups in total. The summed E-state index contributed by atoms with van der Waals surface area (Å²) in [5, 5.41) is 2.90. The minimum absolute atomic E-state index is 0.203. The average Bonchev–Trinajstić information content (AvgIpc) is 2.98. The highest BCUT2D eigenvalue weighted by atomic mass is 32.2. The topological polar surface area (TPSA) is 85.1 Å². The molecule has 108 valence electrons. The summed E-state index contributed by atoms with van der Waals surface area (Å²) in [6, 6.07) is 3.12. The largest absolute Gasteiger partial charge is 0.389 e. The number of nitrogens with two attached hydrogens (primary N) is 1. The summed E-state index contributed by atoms with van der Waals surface area (Å²) in [5.41, 5.74) is 6.36. The van der Waals surface area contributed by atoms with E-state index in [0.29, 0.717) is 17.8 Å². The summed E-state index contributed by atoms with van der Waals surface area (Å²) >= 11 is 7.44. The van der Waals surface area contributed by atoms with Gasteiger partial charge in [-0.2, -0.15) is 0 Å². The lowest BCUT2D eigenvalue weighted by atomic mass is 10.3. The molecule has 2 aromatic rings. The molecule has 0 aliphatic carbocycles. The lowest BCUT2D eigenvalue weighted by Crippen LogP contribution is -2.25. The van der Waals surface area contributed by atoms with E-state index in [4.69, 9.17) is 18.0 Å². The van der Waals surface area contributed by atoms with E-state index in [1.807, 2.05) is 12.3 Å². The molecule has 0 spiro atoms. The second-order valence-corrected chi connectivity index (χ2v) is 8.57. The zero-order valence-electron chi connectivity index (χ0n) is 10.6. The number of nitrogens with one attached hydrogen (secondary N) is 1. The third kappa shape index (κ3) is 3.83. The molecular formula is C11H13N3O2S4. The van der Waals surface area contributed by atoms with Crippen molar-refractivity contribution in [3.8, 4) is 0 Å². The van der Waals surface area contributed by atoms with Crippen LogP contribution in [0.15, 0.2) is 21.7 Å². The van der Waals surface area contributed by atoms with Gasteiger partial charge in [0.2, 0.25) is 10.0 Å². The third-order valence-electron chi connectivity index (χ3n) is 2.43. The van der Waals surface area contributed by atoms with Gasteiger partial charge in [0.1, 0.15) is 9.20 Å². The maximum atomic E-state index is 12.1. The molecule has 0 saturated carbocycles. The van der Waals surface area contributed by atoms with E-state index in [1.54, 1.807) is 17.4 Å². The number of aromatic nitrogens is 1. The number of sulfonamides is 1. The molecule has 0 unspecified atom stereocenters. The fraction of sp³-hybridized carbons (Fsp3) is 0.273. The monoisotopic (exact) mass is 347 g/mol. The highest BCUT2D eigenvalue weighted by Gasteiger charge is 2.17. The van der Waals surface area contributed by atoms with Gasteiger partial charge in [0.25, 0.3) is 0 Å². The molecule has 0 aliphatic rings. The Morgan fingerprint density at radius 1 is 1.50 bits per heavy atom. The molecule has 2 rings (SSSR count). The number of thiazole rings is 1. The van der Waals surface area contributed by atoms with E-state index in [-0.39, 0.29) is 9.20 Å². The molecule has 2 heterocycles. The van der Waals surface area contributed by atoms with Crippen molar-refractivity contribution >= 4 is 49.9 Å². The molecular weight excluding hydrogens is 334 g/mol. The van der Waals surface area contributed by atoms with Gasteiger partial charge in [-0.25, -0.2) is 18.1 Å². The first-order valence-corrected chi connectivity index (χ1v) is 9.27. The lowest BCUT2D eigenvalue weighted by molar-refractivity contribution is 0.583. The minimum atomic E-state index is -3.51. The van der Waals surface area contributed by atoms with Gasteiger partial charge in [-0.15, -0.1) is 22.7 Å². The van der Waals surface area contributed by atoms with Gasteiger partial charge in [0.15, 0.2) is 0 Å². The van der Waals surface area contributed by atoms with Crippen LogP contribution in [-0.4, -0.2) is 24.9 Å². The fourth-order valence-corrected chi connectivity index (χ4v) is 4.58. The zero-order chi connectivity index (χ0) is 14.8. The van der Waals surface area contributed by atoms with Gasteiger partial charge in [-0.3, -0.25) is 0 Å². The molecule has 9 heteroatoms. The maximum absolute atomic E-state index is 12.1. The van der Waals surface area contributed by atoms with Crippen LogP contribution in [0.4, 0.5) is 0 Å². The van der Waals surface area contributed by atoms with Crippen LogP contribution >= 0.6 is 34.9 Å². The Bertz CT molecular complexity index is 718. The van der Waals surface area contributed by atoms with E-state index < -0.39 is 10.0 Å². The molecule has 0 amide bonds. The fourth-order valence-electron chi connectivity index (χ4n) is 1.50. The number of hydrogen-bond acceptors (Lipinski definition) is 6. The van der Waals surface area contributed by atoms with Crippen molar-refractivity contribution in [2.75, 3.05) is 6.54 Å². The summed E-state index contributed by atoms with van der Waals surface area (Å²) in [4.78, 5) is 5.08. The molecule has 5 nitrogen and oxygen atoms in total. The predicted molar refractivity (Wildman–Crippen MR) is 85.9 cm³/mol. The molecule has 0 aromatic carbocycles. The van der Waals surface area contributed by atoms with Gasteiger partial charge in [-0.1, -0.05) is 12.2 Å². The van der Waals surface area contributed by atoms with Crippen LogP contribution < -0.4 is 10.5 Å². The van der Waals surface area contributed by atoms with Crippen molar-refractivity contribution in [2.24, 2.45) is 5.73 Å². The van der Waals surface area contributed by atoms with Gasteiger partial charge < -0.3 is 5.73 Å². The van der Waals surface area contributed by atoms with E-state index in [0.717, 1.165) is 22.0 Å². The van der Waals surface area contributed by atoms with Gasteiger partial charge in [0.05, 0.1) is 15.6 Å². The second kappa shape index (κ2) is 6.27. The first kappa shape index (κ1) is 15.5. The quantitative estimate of drug-likeness (QED) is 0.777. The van der Waals surface area contributed by atoms with Gasteiger partial charge >= 0.3 is 0 Å². The minimum Gasteiger partial charge on any atom is -0.389 e. The SMILES string of the molecule is Cc1nc(CCNS(=O)(=O)c2ccc(C(N)=S)s2)cs1. The summed E-state index contributed by atoms with van der Waals surface area (Å²) in [7, 11) is -3.51. The molecule has 0 atom stereocenters. The number of aryl methyl sites for hydroxylation is 1. The van der Waals surface area contributed by atoms with Crippen LogP contribution in [0.3, 0.4) is 0 Å². The first-order chi connectivity index (χ1) is 9.38. The van der Waals surface area contributed by atoms with Crippen molar-refractivity contribution in [1.82, 2.24) is 9.71 Å². The Kier molecular flexibility index (Phi) is 4.86. The zero-order valence-corrected chi connectivity index (χ0v) is 13.9. The van der Waals surface area contributed by atoms with E-state index >= 15 is 0 Å². The van der Waals surface area contributed by atoms with Crippen molar-refractivity contribution in [1.29, 1.82) is 0 Å². The number of nitrogens with zero attached hydrogens (tertiary/aromatic N) is 1. The van der Waals surface area contributed by atoms with Crippen LogP contribution in [0.2, 0.25) is 0 Å². The number of thiophene rings is 1. The summed E-state index contributed by atoms with van der Waals surface area (Å²) < 4.78 is 26.9. The summed E-state index contributed by atoms with van der Waals surface area (Å²) in [6.45, 7) is 2.23. The molecule has 0 saturated heterocycles. The van der Waals surface area contributed by atoms with Gasteiger partial charge in [-0.05, 0) is 19.1 Å². The summed E-state index contributed by atoms with van der Waals surface area (Å²) in [6.07, 6.45) is 0.567. The van der Waals surface area contributed by atoms with Crippen LogP contribution in [0, 0.1) is 6.92 Å². The third-order valence-corrected chi connectivity index (χ3v) is 6.67. The van der Waals surface area contributed by atoms with Crippen molar-refractivity contribution in [2.45, 2.75) is 17.6 Å². The van der Waals surface area contributed by atoms with E-state index in [2.05, 4.69) is 9.71 Å². The number of hydrogen-bond donors (Lipinski definition) is 2. The molecule has 0 radical (unpaired) electrons. The Morgan fingerprint density at radius 2 is 2.25 bits per heavy atom. The smallest absolute Gasteiger partial charge is 0.250 e. The average molecular weight is 348 g/mol. The van der Waals surface area contributed by atoms with Crippen LogP contribution in [0.5, 0.6) is 0 Å². The molecule has 2 aromatic heterocycles. The molecule has 0 aliphatic heterocycles. The molecule has 0 bridgehead atoms. The first-order valence-electron chi connectivity index (χ1n) is 5.69.